The third-order valence-electron chi connectivity index (χ3n) is 3.30. The molecule has 1 unspecified atom stereocenters. The summed E-state index contributed by atoms with van der Waals surface area (Å²) < 4.78 is 25.9. The standard InChI is InChI=1S/C12H17N3O5S/c1-2-13-11-4-3-10(7-12(11)15(17)18)21(19,20)14-6-5-9(16)8-14/h3-4,7,9,13,16H,2,5-6,8H2,1H3. The molecule has 116 valence electrons. The van der Waals surface area contributed by atoms with Crippen molar-refractivity contribution in [2.45, 2.75) is 24.3 Å². The minimum Gasteiger partial charge on any atom is -0.392 e. The molecule has 0 amide bonds. The number of sulfonamides is 1. The number of rotatable bonds is 5. The molecule has 1 saturated heterocycles. The largest absolute Gasteiger partial charge is 0.392 e. The van der Waals surface area contributed by atoms with Gasteiger partial charge in [0.2, 0.25) is 10.0 Å². The van der Waals surface area contributed by atoms with E-state index in [1.54, 1.807) is 6.92 Å². The highest BCUT2D eigenvalue weighted by Gasteiger charge is 2.32. The summed E-state index contributed by atoms with van der Waals surface area (Å²) in [4.78, 5) is 10.3. The highest BCUT2D eigenvalue weighted by molar-refractivity contribution is 7.89. The summed E-state index contributed by atoms with van der Waals surface area (Å²) in [6.45, 7) is 2.52. The molecule has 0 bridgehead atoms. The summed E-state index contributed by atoms with van der Waals surface area (Å²) in [6.07, 6.45) is -0.313. The molecule has 0 radical (unpaired) electrons. The fourth-order valence-corrected chi connectivity index (χ4v) is 3.75. The monoisotopic (exact) mass is 315 g/mol. The van der Waals surface area contributed by atoms with Crippen LogP contribution >= 0.6 is 0 Å². The van der Waals surface area contributed by atoms with E-state index in [4.69, 9.17) is 0 Å². The van der Waals surface area contributed by atoms with Gasteiger partial charge in [-0.25, -0.2) is 8.42 Å². The predicted molar refractivity (Wildman–Crippen MR) is 76.6 cm³/mol. The maximum absolute atomic E-state index is 12.4. The first kappa shape index (κ1) is 15.7. The summed E-state index contributed by atoms with van der Waals surface area (Å²) in [7, 11) is -3.82. The lowest BCUT2D eigenvalue weighted by molar-refractivity contribution is -0.384. The fraction of sp³-hybridized carbons (Fsp3) is 0.500. The Bertz CT molecular complexity index is 646. The number of β-amino-alcohol motifs (C(OH)–C–C–N with tert-alkyl or cyclic N) is 1. The van der Waals surface area contributed by atoms with Crippen LogP contribution in [0.1, 0.15) is 13.3 Å². The van der Waals surface area contributed by atoms with E-state index < -0.39 is 21.1 Å². The normalized spacial score (nSPS) is 19.6. The van der Waals surface area contributed by atoms with Gasteiger partial charge in [0.1, 0.15) is 5.69 Å². The smallest absolute Gasteiger partial charge is 0.293 e. The zero-order valence-electron chi connectivity index (χ0n) is 11.5. The van der Waals surface area contributed by atoms with Crippen LogP contribution in [0.25, 0.3) is 0 Å². The molecular weight excluding hydrogens is 298 g/mol. The van der Waals surface area contributed by atoms with E-state index in [1.807, 2.05) is 0 Å². The topological polar surface area (TPSA) is 113 Å². The summed E-state index contributed by atoms with van der Waals surface area (Å²) in [5, 5.41) is 23.3. The second kappa shape index (κ2) is 5.96. The van der Waals surface area contributed by atoms with Crippen molar-refractivity contribution in [2.75, 3.05) is 25.0 Å². The van der Waals surface area contributed by atoms with E-state index in [0.29, 0.717) is 13.0 Å². The Morgan fingerprint density at radius 3 is 2.76 bits per heavy atom. The number of nitrogens with one attached hydrogen (secondary N) is 1. The molecular formula is C12H17N3O5S. The molecule has 2 rings (SSSR count). The van der Waals surface area contributed by atoms with E-state index in [-0.39, 0.29) is 29.4 Å². The Morgan fingerprint density at radius 1 is 1.52 bits per heavy atom. The van der Waals surface area contributed by atoms with Crippen LogP contribution in [0.4, 0.5) is 11.4 Å². The molecule has 1 aromatic carbocycles. The second-order valence-electron chi connectivity index (χ2n) is 4.77. The number of aliphatic hydroxyl groups is 1. The lowest BCUT2D eigenvalue weighted by atomic mass is 10.2. The van der Waals surface area contributed by atoms with Crippen molar-refractivity contribution >= 4 is 21.4 Å². The van der Waals surface area contributed by atoms with Crippen molar-refractivity contribution < 1.29 is 18.4 Å². The maximum atomic E-state index is 12.4. The van der Waals surface area contributed by atoms with E-state index in [2.05, 4.69) is 5.32 Å². The Labute approximate surface area is 122 Å². The van der Waals surface area contributed by atoms with Crippen molar-refractivity contribution in [2.24, 2.45) is 0 Å². The molecule has 1 fully saturated rings. The Morgan fingerprint density at radius 2 is 2.24 bits per heavy atom. The van der Waals surface area contributed by atoms with Crippen molar-refractivity contribution in [3.63, 3.8) is 0 Å². The zero-order valence-corrected chi connectivity index (χ0v) is 12.3. The molecule has 0 spiro atoms. The van der Waals surface area contributed by atoms with Crippen LogP contribution < -0.4 is 5.32 Å². The average Bonchev–Trinajstić information content (AvgIpc) is 2.86. The van der Waals surface area contributed by atoms with Gasteiger partial charge in [-0.1, -0.05) is 0 Å². The highest BCUT2D eigenvalue weighted by atomic mass is 32.2. The first-order valence-corrected chi connectivity index (χ1v) is 8.00. The molecule has 1 aliphatic rings. The molecule has 1 aromatic rings. The molecule has 9 heteroatoms. The lowest BCUT2D eigenvalue weighted by Gasteiger charge is -2.16. The molecule has 0 aliphatic carbocycles. The molecule has 1 heterocycles. The zero-order chi connectivity index (χ0) is 15.6. The lowest BCUT2D eigenvalue weighted by Crippen LogP contribution is -2.29. The Hall–Kier alpha value is -1.71. The van der Waals surface area contributed by atoms with Gasteiger partial charge < -0.3 is 10.4 Å². The number of hydrogen-bond donors (Lipinski definition) is 2. The van der Waals surface area contributed by atoms with Crippen molar-refractivity contribution in [1.82, 2.24) is 4.31 Å². The third-order valence-corrected chi connectivity index (χ3v) is 5.16. The van der Waals surface area contributed by atoms with Crippen molar-refractivity contribution in [3.8, 4) is 0 Å². The van der Waals surface area contributed by atoms with Crippen molar-refractivity contribution in [1.29, 1.82) is 0 Å². The van der Waals surface area contributed by atoms with Crippen LogP contribution in [0.2, 0.25) is 0 Å². The van der Waals surface area contributed by atoms with Gasteiger partial charge in [-0.3, -0.25) is 10.1 Å². The molecule has 0 aromatic heterocycles. The van der Waals surface area contributed by atoms with Gasteiger partial charge in [0, 0.05) is 25.7 Å². The fourth-order valence-electron chi connectivity index (χ4n) is 2.24. The number of nitrogens with zero attached hydrogens (tertiary/aromatic N) is 2. The number of nitro groups is 1. The predicted octanol–water partition coefficient (Wildman–Crippen LogP) is 0.782. The van der Waals surface area contributed by atoms with Gasteiger partial charge in [0.25, 0.3) is 5.69 Å². The van der Waals surface area contributed by atoms with Crippen LogP contribution in [0, 0.1) is 10.1 Å². The number of benzene rings is 1. The molecule has 1 atom stereocenters. The molecule has 0 saturated carbocycles. The third kappa shape index (κ3) is 3.14. The minimum atomic E-state index is -3.82. The van der Waals surface area contributed by atoms with E-state index in [9.17, 15) is 23.6 Å². The summed E-state index contributed by atoms with van der Waals surface area (Å²) in [5.74, 6) is 0. The molecule has 2 N–H and O–H groups in total. The molecule has 8 nitrogen and oxygen atoms in total. The van der Waals surface area contributed by atoms with Crippen LogP contribution in [0.5, 0.6) is 0 Å². The van der Waals surface area contributed by atoms with Gasteiger partial charge in [0.15, 0.2) is 0 Å². The van der Waals surface area contributed by atoms with Gasteiger partial charge in [0.05, 0.1) is 15.9 Å². The van der Waals surface area contributed by atoms with Gasteiger partial charge >= 0.3 is 0 Å². The van der Waals surface area contributed by atoms with Crippen LogP contribution in [-0.2, 0) is 10.0 Å². The van der Waals surface area contributed by atoms with E-state index >= 15 is 0 Å². The van der Waals surface area contributed by atoms with E-state index in [0.717, 1.165) is 10.4 Å². The van der Waals surface area contributed by atoms with Gasteiger partial charge in [-0.15, -0.1) is 0 Å². The average molecular weight is 315 g/mol. The highest BCUT2D eigenvalue weighted by Crippen LogP contribution is 2.30. The first-order valence-electron chi connectivity index (χ1n) is 6.56. The number of anilines is 1. The number of hydrogen-bond acceptors (Lipinski definition) is 6. The molecule has 21 heavy (non-hydrogen) atoms. The molecule has 1 aliphatic heterocycles. The maximum Gasteiger partial charge on any atom is 0.293 e. The van der Waals surface area contributed by atoms with Crippen LogP contribution in [0.3, 0.4) is 0 Å². The van der Waals surface area contributed by atoms with Gasteiger partial charge in [-0.05, 0) is 25.5 Å². The summed E-state index contributed by atoms with van der Waals surface area (Å²) in [6, 6.07) is 3.78. The number of aliphatic hydroxyl groups excluding tert-OH is 1. The first-order chi connectivity index (χ1) is 9.86. The SMILES string of the molecule is CCNc1ccc(S(=O)(=O)N2CCC(O)C2)cc1[N+](=O)[O-]. The summed E-state index contributed by atoms with van der Waals surface area (Å²) in [5.41, 5.74) is 0.000534. The second-order valence-corrected chi connectivity index (χ2v) is 6.71. The van der Waals surface area contributed by atoms with Gasteiger partial charge in [-0.2, -0.15) is 4.31 Å². The Balaban J connectivity index is 2.40. The van der Waals surface area contributed by atoms with E-state index in [1.165, 1.54) is 12.1 Å². The minimum absolute atomic E-state index is 0.0189. The van der Waals surface area contributed by atoms with Crippen molar-refractivity contribution in [3.05, 3.63) is 28.3 Å². The van der Waals surface area contributed by atoms with Crippen LogP contribution in [0.15, 0.2) is 23.1 Å². The quantitative estimate of drug-likeness (QED) is 0.613. The summed E-state index contributed by atoms with van der Waals surface area (Å²) >= 11 is 0. The Kier molecular flexibility index (Phi) is 4.45. The van der Waals surface area contributed by atoms with Crippen LogP contribution in [-0.4, -0.2) is 48.5 Å². The number of nitro benzene ring substituents is 1.